The summed E-state index contributed by atoms with van der Waals surface area (Å²) < 4.78 is 5.27. The van der Waals surface area contributed by atoms with E-state index in [4.69, 9.17) is 16.3 Å². The van der Waals surface area contributed by atoms with Crippen LogP contribution in [0.25, 0.3) is 0 Å². The van der Waals surface area contributed by atoms with Gasteiger partial charge in [0.05, 0.1) is 13.5 Å². The third-order valence-corrected chi connectivity index (χ3v) is 6.05. The smallest absolute Gasteiger partial charge is 0.247 e. The number of carbonyl (C=O) groups is 2. The van der Waals surface area contributed by atoms with Gasteiger partial charge >= 0.3 is 0 Å². The zero-order chi connectivity index (χ0) is 25.2. The molecule has 1 atom stereocenters. The highest BCUT2D eigenvalue weighted by molar-refractivity contribution is 6.30. The molecule has 0 fully saturated rings. The van der Waals surface area contributed by atoms with E-state index >= 15 is 0 Å². The SMILES string of the molecule is COc1ccc(CN(C(=O)Cc2ccc(Cl)cc2)[C@H](C(=O)NCCC(C)C)c2ccccc2)cc1. The number of hydrogen-bond donors (Lipinski definition) is 1. The normalized spacial score (nSPS) is 11.7. The lowest BCUT2D eigenvalue weighted by molar-refractivity contribution is -0.141. The largest absolute Gasteiger partial charge is 0.497 e. The highest BCUT2D eigenvalue weighted by atomic mass is 35.5. The summed E-state index contributed by atoms with van der Waals surface area (Å²) in [5, 5.41) is 3.67. The summed E-state index contributed by atoms with van der Waals surface area (Å²) in [7, 11) is 1.61. The number of hydrogen-bond acceptors (Lipinski definition) is 3. The van der Waals surface area contributed by atoms with Gasteiger partial charge in [-0.1, -0.05) is 80.0 Å². The maximum Gasteiger partial charge on any atom is 0.247 e. The molecule has 0 bridgehead atoms. The topological polar surface area (TPSA) is 58.6 Å². The molecule has 184 valence electrons. The van der Waals surface area contributed by atoms with Gasteiger partial charge in [0.1, 0.15) is 11.8 Å². The Kier molecular flexibility index (Phi) is 9.74. The lowest BCUT2D eigenvalue weighted by atomic mass is 10.0. The third kappa shape index (κ3) is 7.86. The fourth-order valence-electron chi connectivity index (χ4n) is 3.82. The first-order valence-electron chi connectivity index (χ1n) is 11.9. The second-order valence-electron chi connectivity index (χ2n) is 8.96. The van der Waals surface area contributed by atoms with E-state index in [0.29, 0.717) is 17.5 Å². The number of ether oxygens (including phenoxy) is 1. The minimum Gasteiger partial charge on any atom is -0.497 e. The van der Waals surface area contributed by atoms with Gasteiger partial charge in [0.2, 0.25) is 11.8 Å². The number of halogens is 1. The van der Waals surface area contributed by atoms with Crippen LogP contribution in [0.15, 0.2) is 78.9 Å². The Morgan fingerprint density at radius 3 is 2.14 bits per heavy atom. The molecule has 1 N–H and O–H groups in total. The van der Waals surface area contributed by atoms with E-state index in [0.717, 1.165) is 28.9 Å². The summed E-state index contributed by atoms with van der Waals surface area (Å²) in [6.45, 7) is 5.08. The molecule has 0 spiro atoms. The quantitative estimate of drug-likeness (QED) is 0.366. The van der Waals surface area contributed by atoms with Crippen molar-refractivity contribution >= 4 is 23.4 Å². The van der Waals surface area contributed by atoms with Gasteiger partial charge < -0.3 is 15.0 Å². The average molecular weight is 493 g/mol. The number of amides is 2. The van der Waals surface area contributed by atoms with Crippen molar-refractivity contribution in [3.05, 3.63) is 101 Å². The second kappa shape index (κ2) is 13.0. The number of carbonyl (C=O) groups excluding carboxylic acids is 2. The molecule has 0 radical (unpaired) electrons. The van der Waals surface area contributed by atoms with Gasteiger partial charge in [0.15, 0.2) is 0 Å². The standard InChI is InChI=1S/C29H33ClN2O3/c1-21(2)17-18-31-29(34)28(24-7-5-4-6-8-24)32(20-23-11-15-26(35-3)16-12-23)27(33)19-22-9-13-25(30)14-10-22/h4-16,21,28H,17-20H2,1-3H3,(H,31,34)/t28-/m0/s1. The van der Waals surface area contributed by atoms with Crippen LogP contribution in [-0.2, 0) is 22.6 Å². The number of benzene rings is 3. The van der Waals surface area contributed by atoms with E-state index in [2.05, 4.69) is 19.2 Å². The van der Waals surface area contributed by atoms with E-state index in [1.165, 1.54) is 0 Å². The molecule has 0 aliphatic heterocycles. The fourth-order valence-corrected chi connectivity index (χ4v) is 3.94. The van der Waals surface area contributed by atoms with Crippen molar-refractivity contribution in [1.82, 2.24) is 10.2 Å². The Labute approximate surface area is 213 Å². The van der Waals surface area contributed by atoms with Crippen LogP contribution in [0, 0.1) is 5.92 Å². The zero-order valence-corrected chi connectivity index (χ0v) is 21.3. The van der Waals surface area contributed by atoms with Crippen LogP contribution in [0.2, 0.25) is 5.02 Å². The summed E-state index contributed by atoms with van der Waals surface area (Å²) in [4.78, 5) is 28.9. The van der Waals surface area contributed by atoms with Crippen LogP contribution in [-0.4, -0.2) is 30.4 Å². The molecule has 6 heteroatoms. The Morgan fingerprint density at radius 2 is 1.54 bits per heavy atom. The minimum absolute atomic E-state index is 0.143. The number of methoxy groups -OCH3 is 1. The number of nitrogens with zero attached hydrogens (tertiary/aromatic N) is 1. The maximum atomic E-state index is 13.7. The van der Waals surface area contributed by atoms with E-state index in [-0.39, 0.29) is 24.8 Å². The number of nitrogens with one attached hydrogen (secondary N) is 1. The predicted molar refractivity (Wildman–Crippen MR) is 140 cm³/mol. The van der Waals surface area contributed by atoms with Crippen LogP contribution >= 0.6 is 11.6 Å². The first-order valence-corrected chi connectivity index (χ1v) is 12.2. The first-order chi connectivity index (χ1) is 16.9. The zero-order valence-electron chi connectivity index (χ0n) is 20.5. The van der Waals surface area contributed by atoms with Gasteiger partial charge in [-0.05, 0) is 53.3 Å². The monoisotopic (exact) mass is 492 g/mol. The van der Waals surface area contributed by atoms with Crippen molar-refractivity contribution in [2.45, 2.75) is 39.3 Å². The number of rotatable bonds is 11. The summed E-state index contributed by atoms with van der Waals surface area (Å²) in [5.41, 5.74) is 2.52. The van der Waals surface area contributed by atoms with Crippen LogP contribution in [0.1, 0.15) is 43.0 Å². The molecule has 0 aliphatic rings. The van der Waals surface area contributed by atoms with Crippen LogP contribution < -0.4 is 10.1 Å². The molecule has 0 heterocycles. The molecule has 5 nitrogen and oxygen atoms in total. The molecular weight excluding hydrogens is 460 g/mol. The molecule has 3 aromatic carbocycles. The lowest BCUT2D eigenvalue weighted by Crippen LogP contribution is -2.44. The van der Waals surface area contributed by atoms with E-state index in [1.807, 2.05) is 66.7 Å². The van der Waals surface area contributed by atoms with E-state index in [9.17, 15) is 9.59 Å². The maximum absolute atomic E-state index is 13.7. The van der Waals surface area contributed by atoms with Crippen molar-refractivity contribution in [3.63, 3.8) is 0 Å². The van der Waals surface area contributed by atoms with Crippen molar-refractivity contribution < 1.29 is 14.3 Å². The van der Waals surface area contributed by atoms with Crippen molar-refractivity contribution in [3.8, 4) is 5.75 Å². The van der Waals surface area contributed by atoms with E-state index < -0.39 is 6.04 Å². The fraction of sp³-hybridized carbons (Fsp3) is 0.310. The molecule has 35 heavy (non-hydrogen) atoms. The van der Waals surface area contributed by atoms with Crippen LogP contribution in [0.5, 0.6) is 5.75 Å². The summed E-state index contributed by atoms with van der Waals surface area (Å²) in [6, 6.07) is 23.5. The van der Waals surface area contributed by atoms with E-state index in [1.54, 1.807) is 24.1 Å². The van der Waals surface area contributed by atoms with Crippen LogP contribution in [0.4, 0.5) is 0 Å². The molecular formula is C29H33ClN2O3. The highest BCUT2D eigenvalue weighted by Gasteiger charge is 2.31. The van der Waals surface area contributed by atoms with Crippen molar-refractivity contribution in [2.24, 2.45) is 5.92 Å². The summed E-state index contributed by atoms with van der Waals surface area (Å²) >= 11 is 6.03. The summed E-state index contributed by atoms with van der Waals surface area (Å²) in [5.74, 6) is 0.872. The molecule has 3 aromatic rings. The minimum atomic E-state index is -0.759. The van der Waals surface area contributed by atoms with Crippen molar-refractivity contribution in [2.75, 3.05) is 13.7 Å². The van der Waals surface area contributed by atoms with Gasteiger partial charge in [0, 0.05) is 18.1 Å². The molecule has 0 saturated carbocycles. The highest BCUT2D eigenvalue weighted by Crippen LogP contribution is 2.26. The molecule has 3 rings (SSSR count). The predicted octanol–water partition coefficient (Wildman–Crippen LogP) is 5.82. The third-order valence-electron chi connectivity index (χ3n) is 5.80. The average Bonchev–Trinajstić information content (AvgIpc) is 2.86. The Hall–Kier alpha value is -3.31. The molecule has 0 aliphatic carbocycles. The Bertz CT molecular complexity index is 1080. The molecule has 0 unspecified atom stereocenters. The Morgan fingerprint density at radius 1 is 0.914 bits per heavy atom. The van der Waals surface area contributed by atoms with Gasteiger partial charge in [-0.15, -0.1) is 0 Å². The molecule has 2 amide bonds. The lowest BCUT2D eigenvalue weighted by Gasteiger charge is -2.32. The second-order valence-corrected chi connectivity index (χ2v) is 9.40. The van der Waals surface area contributed by atoms with Gasteiger partial charge in [0.25, 0.3) is 0 Å². The van der Waals surface area contributed by atoms with Gasteiger partial charge in [-0.2, -0.15) is 0 Å². The molecule has 0 saturated heterocycles. The van der Waals surface area contributed by atoms with Crippen molar-refractivity contribution in [1.29, 1.82) is 0 Å². The Balaban J connectivity index is 1.95. The van der Waals surface area contributed by atoms with Gasteiger partial charge in [-0.3, -0.25) is 9.59 Å². The van der Waals surface area contributed by atoms with Gasteiger partial charge in [-0.25, -0.2) is 0 Å². The first kappa shape index (κ1) is 26.3. The molecule has 0 aromatic heterocycles. The summed E-state index contributed by atoms with van der Waals surface area (Å²) in [6.07, 6.45) is 1.03. The van der Waals surface area contributed by atoms with Crippen LogP contribution in [0.3, 0.4) is 0 Å².